The van der Waals surface area contributed by atoms with E-state index in [9.17, 15) is 4.79 Å². The molecule has 0 radical (unpaired) electrons. The van der Waals surface area contributed by atoms with Gasteiger partial charge in [-0.1, -0.05) is 29.0 Å². The van der Waals surface area contributed by atoms with Crippen LogP contribution in [0.5, 0.6) is 5.75 Å². The van der Waals surface area contributed by atoms with Gasteiger partial charge in [0.2, 0.25) is 0 Å². The summed E-state index contributed by atoms with van der Waals surface area (Å²) < 4.78 is 11.8. The second-order valence-corrected chi connectivity index (χ2v) is 8.57. The van der Waals surface area contributed by atoms with E-state index >= 15 is 0 Å². The lowest BCUT2D eigenvalue weighted by atomic mass is 10.0. The number of fused-ring (bicyclic) bond motifs is 1. The fraction of sp³-hybridized carbons (Fsp3) is 0.391. The molecule has 1 saturated heterocycles. The second-order valence-electron chi connectivity index (χ2n) is 7.56. The molecule has 0 atom stereocenters. The summed E-state index contributed by atoms with van der Waals surface area (Å²) in [5, 5.41) is 0.719. The van der Waals surface area contributed by atoms with Crippen molar-refractivity contribution in [1.82, 2.24) is 9.88 Å². The Morgan fingerprint density at radius 1 is 1.20 bits per heavy atom. The third-order valence-electron chi connectivity index (χ3n) is 5.42. The maximum absolute atomic E-state index is 13.6. The Kier molecular flexibility index (Phi) is 6.32. The average molecular weight is 426 g/mol. The van der Waals surface area contributed by atoms with Crippen molar-refractivity contribution in [3.05, 3.63) is 53.1 Å². The predicted octanol–water partition coefficient (Wildman–Crippen LogP) is 3.90. The van der Waals surface area contributed by atoms with Gasteiger partial charge in [-0.2, -0.15) is 0 Å². The van der Waals surface area contributed by atoms with Crippen LogP contribution >= 0.6 is 11.3 Å². The molecule has 1 aliphatic heterocycles. The number of thiazole rings is 1. The molecule has 1 aromatic heterocycles. The topological polar surface area (TPSA) is 54.9 Å². The minimum atomic E-state index is -0.00761. The van der Waals surface area contributed by atoms with Crippen molar-refractivity contribution >= 4 is 32.6 Å². The van der Waals surface area contributed by atoms with Crippen LogP contribution in [-0.4, -0.2) is 62.3 Å². The number of hydrogen-bond donors (Lipinski definition) is 0. The number of nitrogens with zero attached hydrogens (tertiary/aromatic N) is 3. The molecule has 0 unspecified atom stereocenters. The highest BCUT2D eigenvalue weighted by Gasteiger charge is 2.24. The van der Waals surface area contributed by atoms with E-state index in [1.807, 2.05) is 49.1 Å². The number of amides is 1. The van der Waals surface area contributed by atoms with E-state index in [4.69, 9.17) is 14.5 Å². The van der Waals surface area contributed by atoms with Crippen molar-refractivity contribution in [2.45, 2.75) is 13.8 Å². The van der Waals surface area contributed by atoms with Crippen LogP contribution in [0.1, 0.15) is 21.5 Å². The van der Waals surface area contributed by atoms with Crippen LogP contribution in [0.2, 0.25) is 0 Å². The summed E-state index contributed by atoms with van der Waals surface area (Å²) in [6, 6.07) is 11.8. The second kappa shape index (κ2) is 9.12. The number of methoxy groups -OCH3 is 1. The molecule has 0 spiro atoms. The predicted molar refractivity (Wildman–Crippen MR) is 121 cm³/mol. The van der Waals surface area contributed by atoms with Crippen LogP contribution in [0.4, 0.5) is 5.13 Å². The molecule has 7 heteroatoms. The van der Waals surface area contributed by atoms with Crippen LogP contribution in [-0.2, 0) is 4.74 Å². The molecule has 2 heterocycles. The third kappa shape index (κ3) is 4.48. The Bertz CT molecular complexity index is 1040. The Morgan fingerprint density at radius 3 is 2.73 bits per heavy atom. The molecular formula is C23H27N3O3S. The van der Waals surface area contributed by atoms with Crippen molar-refractivity contribution in [3.63, 3.8) is 0 Å². The number of hydrogen-bond acceptors (Lipinski definition) is 6. The molecule has 1 aliphatic rings. The van der Waals surface area contributed by atoms with E-state index in [2.05, 4.69) is 11.0 Å². The smallest absolute Gasteiger partial charge is 0.260 e. The van der Waals surface area contributed by atoms with E-state index in [0.717, 1.165) is 70.6 Å². The van der Waals surface area contributed by atoms with Gasteiger partial charge in [0.25, 0.3) is 5.91 Å². The zero-order valence-electron chi connectivity index (χ0n) is 17.7. The molecule has 2 aromatic carbocycles. The highest BCUT2D eigenvalue weighted by atomic mass is 32.1. The lowest BCUT2D eigenvalue weighted by Crippen LogP contribution is -2.43. The summed E-state index contributed by atoms with van der Waals surface area (Å²) in [5.41, 5.74) is 3.73. The fourth-order valence-electron chi connectivity index (χ4n) is 3.68. The van der Waals surface area contributed by atoms with Crippen LogP contribution in [0.3, 0.4) is 0 Å². The molecule has 158 valence electrons. The molecule has 1 fully saturated rings. The molecule has 0 saturated carbocycles. The van der Waals surface area contributed by atoms with Gasteiger partial charge in [0.15, 0.2) is 5.13 Å². The number of aromatic nitrogens is 1. The Morgan fingerprint density at radius 2 is 2.00 bits per heavy atom. The first-order valence-corrected chi connectivity index (χ1v) is 11.0. The number of ether oxygens (including phenoxy) is 2. The first-order valence-electron chi connectivity index (χ1n) is 10.2. The number of anilines is 1. The first kappa shape index (κ1) is 20.8. The maximum Gasteiger partial charge on any atom is 0.260 e. The Hall–Kier alpha value is -2.48. The largest absolute Gasteiger partial charge is 0.497 e. The van der Waals surface area contributed by atoms with Crippen LogP contribution < -0.4 is 9.64 Å². The summed E-state index contributed by atoms with van der Waals surface area (Å²) in [6.07, 6.45) is 0. The number of aryl methyl sites for hydroxylation is 2. The molecule has 30 heavy (non-hydrogen) atoms. The standard InChI is InChI=1S/C23H27N3O3S/c1-16-4-6-19(17(2)14-16)22(27)26(9-8-25-10-12-29-13-11-25)23-24-20-7-5-18(28-3)15-21(20)30-23/h4-7,14-15H,8-13H2,1-3H3. The van der Waals surface area contributed by atoms with Crippen LogP contribution in [0, 0.1) is 13.8 Å². The van der Waals surface area contributed by atoms with Gasteiger partial charge in [-0.05, 0) is 43.7 Å². The van der Waals surface area contributed by atoms with E-state index < -0.39 is 0 Å². The molecule has 0 bridgehead atoms. The monoisotopic (exact) mass is 425 g/mol. The minimum absolute atomic E-state index is 0.00761. The van der Waals surface area contributed by atoms with Crippen molar-refractivity contribution in [2.24, 2.45) is 0 Å². The van der Waals surface area contributed by atoms with Crippen LogP contribution in [0.25, 0.3) is 10.2 Å². The van der Waals surface area contributed by atoms with Gasteiger partial charge in [0.1, 0.15) is 5.75 Å². The molecule has 3 aromatic rings. The quantitative estimate of drug-likeness (QED) is 0.600. The van der Waals surface area contributed by atoms with Gasteiger partial charge >= 0.3 is 0 Å². The lowest BCUT2D eigenvalue weighted by Gasteiger charge is -2.29. The Labute approximate surface area is 181 Å². The minimum Gasteiger partial charge on any atom is -0.497 e. The number of carbonyl (C=O) groups excluding carboxylic acids is 1. The summed E-state index contributed by atoms with van der Waals surface area (Å²) in [5.74, 6) is 0.782. The molecular weight excluding hydrogens is 398 g/mol. The molecule has 6 nitrogen and oxygen atoms in total. The highest BCUT2D eigenvalue weighted by molar-refractivity contribution is 7.22. The third-order valence-corrected chi connectivity index (χ3v) is 6.46. The molecule has 4 rings (SSSR count). The summed E-state index contributed by atoms with van der Waals surface area (Å²) in [4.78, 5) is 22.5. The number of rotatable bonds is 6. The first-order chi connectivity index (χ1) is 14.5. The fourth-order valence-corrected chi connectivity index (χ4v) is 4.70. The number of carbonyl (C=O) groups is 1. The normalized spacial score (nSPS) is 14.8. The zero-order chi connectivity index (χ0) is 21.1. The van der Waals surface area contributed by atoms with Gasteiger partial charge in [0.05, 0.1) is 30.5 Å². The maximum atomic E-state index is 13.6. The van der Waals surface area contributed by atoms with Gasteiger partial charge in [0, 0.05) is 31.7 Å². The van der Waals surface area contributed by atoms with E-state index in [1.165, 1.54) is 11.3 Å². The van der Waals surface area contributed by atoms with E-state index in [0.29, 0.717) is 6.54 Å². The summed E-state index contributed by atoms with van der Waals surface area (Å²) in [6.45, 7) is 8.67. The number of benzene rings is 2. The SMILES string of the molecule is COc1ccc2nc(N(CCN3CCOCC3)C(=O)c3ccc(C)cc3C)sc2c1. The zero-order valence-corrected chi connectivity index (χ0v) is 18.5. The molecule has 1 amide bonds. The van der Waals surface area contributed by atoms with Crippen molar-refractivity contribution in [1.29, 1.82) is 0 Å². The average Bonchev–Trinajstić information content (AvgIpc) is 3.17. The summed E-state index contributed by atoms with van der Waals surface area (Å²) in [7, 11) is 1.65. The van der Waals surface area contributed by atoms with Gasteiger partial charge < -0.3 is 9.47 Å². The molecule has 0 N–H and O–H groups in total. The van der Waals surface area contributed by atoms with Crippen molar-refractivity contribution in [2.75, 3.05) is 51.4 Å². The van der Waals surface area contributed by atoms with E-state index in [1.54, 1.807) is 7.11 Å². The van der Waals surface area contributed by atoms with Crippen molar-refractivity contribution in [3.8, 4) is 5.75 Å². The lowest BCUT2D eigenvalue weighted by molar-refractivity contribution is 0.0391. The van der Waals surface area contributed by atoms with Gasteiger partial charge in [-0.15, -0.1) is 0 Å². The van der Waals surface area contributed by atoms with Gasteiger partial charge in [-0.25, -0.2) is 4.98 Å². The Balaban J connectivity index is 1.66. The highest BCUT2D eigenvalue weighted by Crippen LogP contribution is 2.32. The van der Waals surface area contributed by atoms with Crippen LogP contribution in [0.15, 0.2) is 36.4 Å². The van der Waals surface area contributed by atoms with Gasteiger partial charge in [-0.3, -0.25) is 14.6 Å². The number of morpholine rings is 1. The summed E-state index contributed by atoms with van der Waals surface area (Å²) >= 11 is 1.52. The molecule has 0 aliphatic carbocycles. The van der Waals surface area contributed by atoms with Crippen molar-refractivity contribution < 1.29 is 14.3 Å². The van der Waals surface area contributed by atoms with E-state index in [-0.39, 0.29) is 5.91 Å².